The van der Waals surface area contributed by atoms with Crippen LogP contribution in [0.4, 0.5) is 27.1 Å². The first-order chi connectivity index (χ1) is 20.3. The zero-order valence-electron chi connectivity index (χ0n) is 23.4. The van der Waals surface area contributed by atoms with Gasteiger partial charge >= 0.3 is 6.01 Å². The van der Waals surface area contributed by atoms with E-state index in [0.29, 0.717) is 67.4 Å². The molecule has 3 saturated heterocycles. The van der Waals surface area contributed by atoms with Crippen LogP contribution in [0.15, 0.2) is 4.63 Å². The molecule has 16 heteroatoms. The highest BCUT2D eigenvalue weighted by molar-refractivity contribution is 8.00. The molecule has 3 atom stereocenters. The van der Waals surface area contributed by atoms with E-state index in [1.807, 2.05) is 30.5 Å². The molecule has 4 aliphatic heterocycles. The van der Waals surface area contributed by atoms with Crippen LogP contribution in [-0.2, 0) is 10.5 Å². The first-order valence-electron chi connectivity index (χ1n) is 14.1. The minimum Gasteiger partial charge on any atom is -0.461 e. The summed E-state index contributed by atoms with van der Waals surface area (Å²) in [7, 11) is 0. The quantitative estimate of drug-likeness (QED) is 0.380. The Kier molecular flexibility index (Phi) is 6.59. The molecule has 222 valence electrons. The molecule has 0 saturated carbocycles. The van der Waals surface area contributed by atoms with Crippen LogP contribution in [0.1, 0.15) is 60.8 Å². The van der Waals surface area contributed by atoms with Crippen LogP contribution in [-0.4, -0.2) is 81.2 Å². The topological polar surface area (TPSA) is 172 Å². The minimum absolute atomic E-state index is 0.189. The Balaban J connectivity index is 1.20. The SMILES string of the molecule is CCN(c1nc(OC[C@@]23CCCN2C[C@H](F)C3)nc(N2CC3(C2)SCc2sc(N)c(C#N)c23)n1)C(C)c1nonc1N. The van der Waals surface area contributed by atoms with Crippen LogP contribution in [0, 0.1) is 11.3 Å². The largest absolute Gasteiger partial charge is 0.461 e. The Morgan fingerprint density at radius 1 is 1.29 bits per heavy atom. The molecule has 4 N–H and O–H groups in total. The molecule has 0 aromatic carbocycles. The second-order valence-corrected chi connectivity index (χ2v) is 14.0. The van der Waals surface area contributed by atoms with E-state index in [4.69, 9.17) is 35.8 Å². The summed E-state index contributed by atoms with van der Waals surface area (Å²) in [4.78, 5) is 21.7. The van der Waals surface area contributed by atoms with Gasteiger partial charge in [0.25, 0.3) is 0 Å². The third-order valence-electron chi connectivity index (χ3n) is 9.05. The molecule has 3 fully saturated rings. The zero-order chi connectivity index (χ0) is 29.2. The number of nitrogen functional groups attached to an aromatic ring is 2. The standard InChI is InChI=1S/C26H32FN11O2S2/c1-3-38(14(2)19-20(29)35-40-34-19)23-31-22(32-24(33-23)39-13-25-5-4-6-37(25)9-15(27)7-25)36-11-26(12-36)18-16(8-28)21(30)42-17(18)10-41-26/h14-15H,3-7,9-13,30H2,1-2H3,(H2,29,35)/t14?,15-,25+/m1/s1. The summed E-state index contributed by atoms with van der Waals surface area (Å²) in [6, 6.07) is 2.17. The number of nitrogens with zero attached hydrogens (tertiary/aromatic N) is 9. The monoisotopic (exact) mass is 613 g/mol. The van der Waals surface area contributed by atoms with Crippen molar-refractivity contribution >= 4 is 45.8 Å². The Labute approximate surface area is 250 Å². The van der Waals surface area contributed by atoms with Crippen LogP contribution in [0.5, 0.6) is 6.01 Å². The van der Waals surface area contributed by atoms with Crippen molar-refractivity contribution in [3.05, 3.63) is 21.7 Å². The van der Waals surface area contributed by atoms with Crippen molar-refractivity contribution in [2.45, 2.75) is 61.4 Å². The van der Waals surface area contributed by atoms with E-state index in [0.717, 1.165) is 30.7 Å². The molecule has 3 aromatic heterocycles. The van der Waals surface area contributed by atoms with Gasteiger partial charge in [-0.25, -0.2) is 9.02 Å². The number of hydrogen-bond acceptors (Lipinski definition) is 15. The summed E-state index contributed by atoms with van der Waals surface area (Å²) < 4.78 is 25.3. The molecule has 4 aliphatic rings. The van der Waals surface area contributed by atoms with Gasteiger partial charge in [-0.3, -0.25) is 4.90 Å². The number of ether oxygens (including phenoxy) is 1. The number of aromatic nitrogens is 5. The summed E-state index contributed by atoms with van der Waals surface area (Å²) in [5.41, 5.74) is 14.0. The van der Waals surface area contributed by atoms with E-state index < -0.39 is 6.17 Å². The van der Waals surface area contributed by atoms with Gasteiger partial charge in [0.05, 0.1) is 21.9 Å². The number of rotatable bonds is 8. The van der Waals surface area contributed by atoms with Gasteiger partial charge in [-0.2, -0.15) is 20.2 Å². The number of fused-ring (bicyclic) bond motifs is 3. The van der Waals surface area contributed by atoms with E-state index in [-0.39, 0.29) is 28.2 Å². The Bertz CT molecular complexity index is 1550. The number of alkyl halides is 1. The Morgan fingerprint density at radius 3 is 2.86 bits per heavy atom. The predicted molar refractivity (Wildman–Crippen MR) is 157 cm³/mol. The van der Waals surface area contributed by atoms with E-state index in [1.54, 1.807) is 0 Å². The van der Waals surface area contributed by atoms with Gasteiger partial charge in [0.15, 0.2) is 11.5 Å². The normalized spacial score (nSPS) is 24.8. The van der Waals surface area contributed by atoms with Gasteiger partial charge < -0.3 is 26.0 Å². The number of halogens is 1. The fourth-order valence-electron chi connectivity index (χ4n) is 6.97. The van der Waals surface area contributed by atoms with Gasteiger partial charge in [0.1, 0.15) is 23.8 Å². The lowest BCUT2D eigenvalue weighted by Gasteiger charge is -2.47. The van der Waals surface area contributed by atoms with E-state index in [1.165, 1.54) is 16.2 Å². The molecule has 13 nitrogen and oxygen atoms in total. The van der Waals surface area contributed by atoms with Crippen molar-refractivity contribution in [2.75, 3.05) is 60.6 Å². The van der Waals surface area contributed by atoms with E-state index in [2.05, 4.69) is 26.2 Å². The number of hydrogen-bond donors (Lipinski definition) is 2. The molecule has 0 amide bonds. The number of thioether (sulfide) groups is 1. The van der Waals surface area contributed by atoms with Crippen LogP contribution < -0.4 is 26.0 Å². The fourth-order valence-corrected chi connectivity index (χ4v) is 9.78. The second kappa shape index (κ2) is 10.1. The van der Waals surface area contributed by atoms with Crippen LogP contribution in [0.25, 0.3) is 0 Å². The second-order valence-electron chi connectivity index (χ2n) is 11.5. The molecular formula is C26H32FN11O2S2. The third kappa shape index (κ3) is 4.23. The maximum Gasteiger partial charge on any atom is 0.323 e. The van der Waals surface area contributed by atoms with Gasteiger partial charge in [-0.15, -0.1) is 23.1 Å². The Hall–Kier alpha value is -3.42. The predicted octanol–water partition coefficient (Wildman–Crippen LogP) is 2.86. The molecule has 7 rings (SSSR count). The summed E-state index contributed by atoms with van der Waals surface area (Å²) in [5, 5.41) is 18.1. The maximum atomic E-state index is 14.4. The zero-order valence-corrected chi connectivity index (χ0v) is 25.0. The first kappa shape index (κ1) is 27.4. The molecule has 1 spiro atoms. The van der Waals surface area contributed by atoms with Crippen molar-refractivity contribution < 1.29 is 13.8 Å². The van der Waals surface area contributed by atoms with E-state index >= 15 is 0 Å². The highest BCUT2D eigenvalue weighted by Gasteiger charge is 2.53. The maximum absolute atomic E-state index is 14.4. The molecule has 1 unspecified atom stereocenters. The summed E-state index contributed by atoms with van der Waals surface area (Å²) in [6.07, 6.45) is 1.50. The lowest BCUT2D eigenvalue weighted by Crippen LogP contribution is -2.57. The van der Waals surface area contributed by atoms with Crippen molar-refractivity contribution in [3.8, 4) is 12.1 Å². The van der Waals surface area contributed by atoms with Gasteiger partial charge in [0.2, 0.25) is 11.9 Å². The Morgan fingerprint density at radius 2 is 2.12 bits per heavy atom. The van der Waals surface area contributed by atoms with Gasteiger partial charge in [-0.05, 0) is 38.4 Å². The van der Waals surface area contributed by atoms with Crippen LogP contribution in [0.2, 0.25) is 0 Å². The van der Waals surface area contributed by atoms with Crippen molar-refractivity contribution in [1.82, 2.24) is 30.2 Å². The average Bonchev–Trinajstić information content (AvgIpc) is 3.74. The van der Waals surface area contributed by atoms with Gasteiger partial charge in [-0.1, -0.05) is 5.16 Å². The first-order valence-corrected chi connectivity index (χ1v) is 15.9. The molecule has 0 aliphatic carbocycles. The number of nitriles is 1. The van der Waals surface area contributed by atoms with Crippen molar-refractivity contribution in [1.29, 1.82) is 5.26 Å². The lowest BCUT2D eigenvalue weighted by molar-refractivity contribution is 0.107. The molecule has 7 heterocycles. The molecule has 0 bridgehead atoms. The van der Waals surface area contributed by atoms with Gasteiger partial charge in [0, 0.05) is 48.8 Å². The molecule has 0 radical (unpaired) electrons. The highest BCUT2D eigenvalue weighted by atomic mass is 32.2. The van der Waals surface area contributed by atoms with Crippen molar-refractivity contribution in [3.63, 3.8) is 0 Å². The number of anilines is 4. The summed E-state index contributed by atoms with van der Waals surface area (Å²) >= 11 is 3.34. The van der Waals surface area contributed by atoms with Crippen molar-refractivity contribution in [2.24, 2.45) is 0 Å². The smallest absolute Gasteiger partial charge is 0.323 e. The lowest BCUT2D eigenvalue weighted by atomic mass is 9.88. The number of thiophene rings is 1. The molecule has 42 heavy (non-hydrogen) atoms. The minimum atomic E-state index is -0.855. The van der Waals surface area contributed by atoms with Crippen LogP contribution >= 0.6 is 23.1 Å². The van der Waals surface area contributed by atoms with E-state index in [9.17, 15) is 9.65 Å². The average molecular weight is 614 g/mol. The highest BCUT2D eigenvalue weighted by Crippen LogP contribution is 2.57. The fraction of sp³-hybridized carbons (Fsp3) is 0.615. The summed E-state index contributed by atoms with van der Waals surface area (Å²) in [6.45, 7) is 7.33. The molecular weight excluding hydrogens is 581 g/mol. The van der Waals surface area contributed by atoms with Crippen LogP contribution in [0.3, 0.4) is 0 Å². The third-order valence-corrected chi connectivity index (χ3v) is 11.7. The molecule has 3 aromatic rings. The summed E-state index contributed by atoms with van der Waals surface area (Å²) in [5.74, 6) is 1.92. The number of nitrogens with two attached hydrogens (primary N) is 2.